The molecule has 0 heteroatoms. The Morgan fingerprint density at radius 3 is 2.73 bits per heavy atom. The Balaban J connectivity index is 0.00000196. The molecule has 2 saturated carbocycles. The number of fused-ring (bicyclic) bond motifs is 5. The normalized spacial score (nSPS) is 43.5. The van der Waals surface area contributed by atoms with Gasteiger partial charge in [0.1, 0.15) is 0 Å². The average molecular weight is 351 g/mol. The molecule has 0 spiro atoms. The molecule has 0 heterocycles. The van der Waals surface area contributed by atoms with E-state index in [2.05, 4.69) is 65.2 Å². The van der Waals surface area contributed by atoms with Gasteiger partial charge in [0.2, 0.25) is 0 Å². The smallest absolute Gasteiger partial charge is 0.0281 e. The highest BCUT2D eigenvalue weighted by Gasteiger charge is 2.57. The number of rotatable bonds is 2. The summed E-state index contributed by atoms with van der Waals surface area (Å²) in [7, 11) is 0. The van der Waals surface area contributed by atoms with Gasteiger partial charge >= 0.3 is 0 Å². The zero-order chi connectivity index (χ0) is 18.0. The summed E-state index contributed by atoms with van der Waals surface area (Å²) in [6, 6.07) is 0. The monoisotopic (exact) mass is 350 g/mol. The van der Waals surface area contributed by atoms with E-state index in [1.54, 1.807) is 11.1 Å². The van der Waals surface area contributed by atoms with Crippen molar-refractivity contribution in [2.75, 3.05) is 0 Å². The lowest BCUT2D eigenvalue weighted by Crippen LogP contribution is -2.43. The van der Waals surface area contributed by atoms with Crippen LogP contribution in [0.4, 0.5) is 0 Å². The summed E-state index contributed by atoms with van der Waals surface area (Å²) < 4.78 is 0. The van der Waals surface area contributed by atoms with Gasteiger partial charge in [-0.15, -0.1) is 0 Å². The molecule has 2 fully saturated rings. The zero-order valence-electron chi connectivity index (χ0n) is 16.6. The molecule has 0 aromatic carbocycles. The molecule has 0 aromatic heterocycles. The van der Waals surface area contributed by atoms with E-state index in [1.165, 1.54) is 36.8 Å². The van der Waals surface area contributed by atoms with Crippen LogP contribution in [-0.2, 0) is 0 Å². The molecule has 0 aliphatic heterocycles. The minimum atomic E-state index is 0. The van der Waals surface area contributed by atoms with E-state index in [9.17, 15) is 0 Å². The fourth-order valence-electron chi connectivity index (χ4n) is 7.06. The lowest BCUT2D eigenvalue weighted by Gasteiger charge is -2.52. The second-order valence-electron chi connectivity index (χ2n) is 9.60. The van der Waals surface area contributed by atoms with E-state index < -0.39 is 0 Å². The lowest BCUT2D eigenvalue weighted by atomic mass is 9.52. The molecule has 0 nitrogen and oxygen atoms in total. The topological polar surface area (TPSA) is 0 Å². The van der Waals surface area contributed by atoms with Gasteiger partial charge in [0, 0.05) is 5.41 Å². The highest BCUT2D eigenvalue weighted by Crippen LogP contribution is 2.66. The molecule has 4 rings (SSSR count). The SMILES string of the molecule is C.C=C1C=CC2(C)C(=C1)CCC1C2=CCC2(C)C1C[C@@H](C)C2C(=C)CC. The van der Waals surface area contributed by atoms with E-state index in [0.29, 0.717) is 11.3 Å². The van der Waals surface area contributed by atoms with Crippen molar-refractivity contribution >= 4 is 0 Å². The van der Waals surface area contributed by atoms with E-state index in [1.807, 2.05) is 0 Å². The van der Waals surface area contributed by atoms with Crippen molar-refractivity contribution in [3.63, 3.8) is 0 Å². The van der Waals surface area contributed by atoms with Gasteiger partial charge < -0.3 is 0 Å². The Hall–Kier alpha value is -1.30. The Morgan fingerprint density at radius 1 is 1.31 bits per heavy atom. The lowest BCUT2D eigenvalue weighted by molar-refractivity contribution is 0.102. The Kier molecular flexibility index (Phi) is 4.79. The molecule has 0 aromatic rings. The quantitative estimate of drug-likeness (QED) is 0.448. The molecule has 6 atom stereocenters. The molecule has 0 amide bonds. The largest absolute Gasteiger partial charge is 0.0996 e. The molecule has 0 saturated heterocycles. The summed E-state index contributed by atoms with van der Waals surface area (Å²) in [4.78, 5) is 0. The molecule has 26 heavy (non-hydrogen) atoms. The predicted molar refractivity (Wildman–Crippen MR) is 115 cm³/mol. The highest BCUT2D eigenvalue weighted by atomic mass is 14.6. The first-order valence-electron chi connectivity index (χ1n) is 10.3. The van der Waals surface area contributed by atoms with Crippen molar-refractivity contribution in [1.82, 2.24) is 0 Å². The van der Waals surface area contributed by atoms with Gasteiger partial charge in [-0.25, -0.2) is 0 Å². The van der Waals surface area contributed by atoms with Crippen LogP contribution in [0.1, 0.15) is 67.2 Å². The summed E-state index contributed by atoms with van der Waals surface area (Å²) in [5, 5.41) is 0. The Bertz CT molecular complexity index is 714. The van der Waals surface area contributed by atoms with Crippen LogP contribution in [0.25, 0.3) is 0 Å². The molecule has 4 aliphatic carbocycles. The third-order valence-corrected chi connectivity index (χ3v) is 8.28. The third-order valence-electron chi connectivity index (χ3n) is 8.28. The predicted octanol–water partition coefficient (Wildman–Crippen LogP) is 7.67. The van der Waals surface area contributed by atoms with Crippen molar-refractivity contribution in [2.45, 2.75) is 67.2 Å². The fraction of sp³-hybridized carbons (Fsp3) is 0.615. The molecule has 0 N–H and O–H groups in total. The van der Waals surface area contributed by atoms with Gasteiger partial charge in [-0.1, -0.05) is 82.4 Å². The molecule has 4 aliphatic rings. The molecule has 5 unspecified atom stereocenters. The third kappa shape index (κ3) is 2.48. The van der Waals surface area contributed by atoms with Crippen LogP contribution < -0.4 is 0 Å². The van der Waals surface area contributed by atoms with Gasteiger partial charge in [0.05, 0.1) is 0 Å². The van der Waals surface area contributed by atoms with Crippen LogP contribution in [0.3, 0.4) is 0 Å². The van der Waals surface area contributed by atoms with E-state index in [4.69, 9.17) is 0 Å². The summed E-state index contributed by atoms with van der Waals surface area (Å²) >= 11 is 0. The van der Waals surface area contributed by atoms with Crippen LogP contribution >= 0.6 is 0 Å². The van der Waals surface area contributed by atoms with Gasteiger partial charge in [-0.05, 0) is 73.7 Å². The maximum Gasteiger partial charge on any atom is 0.0281 e. The van der Waals surface area contributed by atoms with Gasteiger partial charge in [0.25, 0.3) is 0 Å². The van der Waals surface area contributed by atoms with E-state index in [0.717, 1.165) is 24.2 Å². The van der Waals surface area contributed by atoms with Gasteiger partial charge in [0.15, 0.2) is 0 Å². The van der Waals surface area contributed by atoms with Crippen LogP contribution in [-0.4, -0.2) is 0 Å². The van der Waals surface area contributed by atoms with Crippen LogP contribution in [0.5, 0.6) is 0 Å². The van der Waals surface area contributed by atoms with Crippen LogP contribution in [0.15, 0.2) is 59.8 Å². The standard InChI is InChI=1S/C25H34.CH4/c1-7-17(3)23-18(4)15-22-20-9-8-19-14-16(2)10-12-24(19,5)21(20)11-13-25(22,23)6;/h10-12,14,18,20,22-23H,2-3,7-9,13,15H2,1,4-6H3;1H4/t18-,20?,22?,23?,24?,25?;/m1./s1. The summed E-state index contributed by atoms with van der Waals surface area (Å²) in [5.74, 6) is 3.06. The van der Waals surface area contributed by atoms with Crippen molar-refractivity contribution < 1.29 is 0 Å². The second-order valence-corrected chi connectivity index (χ2v) is 9.60. The van der Waals surface area contributed by atoms with Crippen molar-refractivity contribution in [2.24, 2.45) is 34.5 Å². The molecule has 0 radical (unpaired) electrons. The molecule has 0 bridgehead atoms. The number of allylic oxidation sites excluding steroid dienone is 8. The number of hydrogen-bond donors (Lipinski definition) is 0. The van der Waals surface area contributed by atoms with Crippen molar-refractivity contribution in [3.05, 3.63) is 59.8 Å². The first-order chi connectivity index (χ1) is 11.8. The van der Waals surface area contributed by atoms with E-state index in [-0.39, 0.29) is 12.8 Å². The first kappa shape index (κ1) is 19.5. The first-order valence-corrected chi connectivity index (χ1v) is 10.3. The van der Waals surface area contributed by atoms with Gasteiger partial charge in [-0.3, -0.25) is 0 Å². The molecular formula is C26H38. The van der Waals surface area contributed by atoms with Crippen LogP contribution in [0.2, 0.25) is 0 Å². The minimum Gasteiger partial charge on any atom is -0.0996 e. The highest BCUT2D eigenvalue weighted by molar-refractivity contribution is 5.50. The van der Waals surface area contributed by atoms with Gasteiger partial charge in [-0.2, -0.15) is 0 Å². The van der Waals surface area contributed by atoms with Crippen molar-refractivity contribution in [1.29, 1.82) is 0 Å². The number of hydrogen-bond acceptors (Lipinski definition) is 0. The zero-order valence-corrected chi connectivity index (χ0v) is 16.6. The minimum absolute atomic E-state index is 0. The summed E-state index contributed by atoms with van der Waals surface area (Å²) in [6.07, 6.45) is 16.0. The second kappa shape index (κ2) is 6.39. The van der Waals surface area contributed by atoms with Crippen molar-refractivity contribution in [3.8, 4) is 0 Å². The summed E-state index contributed by atoms with van der Waals surface area (Å²) in [6.45, 7) is 18.4. The summed E-state index contributed by atoms with van der Waals surface area (Å²) in [5.41, 5.74) is 6.53. The molecular weight excluding hydrogens is 312 g/mol. The maximum atomic E-state index is 4.48. The van der Waals surface area contributed by atoms with E-state index >= 15 is 0 Å². The maximum absolute atomic E-state index is 4.48. The average Bonchev–Trinajstić information content (AvgIpc) is 2.85. The Labute approximate surface area is 161 Å². The fourth-order valence-corrected chi connectivity index (χ4v) is 7.06. The Morgan fingerprint density at radius 2 is 2.04 bits per heavy atom. The molecule has 142 valence electrons. The van der Waals surface area contributed by atoms with Crippen LogP contribution in [0, 0.1) is 34.5 Å².